The number of carboxylic acids is 1. The summed E-state index contributed by atoms with van der Waals surface area (Å²) in [4.78, 5) is 10.6. The van der Waals surface area contributed by atoms with Crippen LogP contribution in [0.3, 0.4) is 0 Å². The minimum absolute atomic E-state index is 0.197. The summed E-state index contributed by atoms with van der Waals surface area (Å²) in [5, 5.41) is 12.0. The average Bonchev–Trinajstić information content (AvgIpc) is 2.04. The summed E-state index contributed by atoms with van der Waals surface area (Å²) in [6.45, 7) is 8.51. The van der Waals surface area contributed by atoms with Crippen molar-refractivity contribution in [2.24, 2.45) is 0 Å². The fourth-order valence-corrected chi connectivity index (χ4v) is 1.22. The van der Waals surface area contributed by atoms with E-state index in [2.05, 4.69) is 5.32 Å². The molecule has 1 unspecified atom stereocenters. The van der Waals surface area contributed by atoms with Crippen molar-refractivity contribution in [3.8, 4) is 0 Å². The van der Waals surface area contributed by atoms with E-state index in [1.165, 1.54) is 0 Å². The monoisotopic (exact) mass is 185 g/mol. The molecule has 0 aromatic heterocycles. The van der Waals surface area contributed by atoms with Gasteiger partial charge in [-0.25, -0.2) is 4.79 Å². The van der Waals surface area contributed by atoms with Crippen LogP contribution in [0, 0.1) is 0 Å². The summed E-state index contributed by atoms with van der Waals surface area (Å²) >= 11 is 0. The molecule has 0 heterocycles. The van der Waals surface area contributed by atoms with Gasteiger partial charge in [0.1, 0.15) is 0 Å². The van der Waals surface area contributed by atoms with Gasteiger partial charge in [0.25, 0.3) is 0 Å². The molecule has 0 saturated heterocycles. The third kappa shape index (κ3) is 4.08. The Labute approximate surface area is 79.8 Å². The van der Waals surface area contributed by atoms with Gasteiger partial charge in [-0.2, -0.15) is 0 Å². The number of hydrogen-bond acceptors (Lipinski definition) is 2. The van der Waals surface area contributed by atoms with Gasteiger partial charge in [0, 0.05) is 11.1 Å². The summed E-state index contributed by atoms with van der Waals surface area (Å²) in [6, 6.07) is 0. The van der Waals surface area contributed by atoms with Crippen LogP contribution in [0.4, 0.5) is 0 Å². The highest BCUT2D eigenvalue weighted by molar-refractivity contribution is 5.86. The van der Waals surface area contributed by atoms with Crippen LogP contribution in [0.15, 0.2) is 11.6 Å². The van der Waals surface area contributed by atoms with Crippen LogP contribution in [0.5, 0.6) is 0 Å². The van der Waals surface area contributed by atoms with Crippen LogP contribution in [-0.2, 0) is 4.79 Å². The molecule has 0 radical (unpaired) electrons. The molecule has 2 N–H and O–H groups in total. The van der Waals surface area contributed by atoms with Gasteiger partial charge >= 0.3 is 5.97 Å². The van der Waals surface area contributed by atoms with Gasteiger partial charge in [-0.1, -0.05) is 19.9 Å². The van der Waals surface area contributed by atoms with E-state index in [4.69, 9.17) is 5.11 Å². The zero-order valence-electron chi connectivity index (χ0n) is 8.85. The predicted molar refractivity (Wildman–Crippen MR) is 53.8 cm³/mol. The highest BCUT2D eigenvalue weighted by Gasteiger charge is 2.18. The van der Waals surface area contributed by atoms with E-state index in [-0.39, 0.29) is 5.54 Å². The second-order valence-corrected chi connectivity index (χ2v) is 3.43. The molecule has 0 aromatic rings. The molecule has 0 bridgehead atoms. The van der Waals surface area contributed by atoms with E-state index in [9.17, 15) is 4.79 Å². The molecule has 0 spiro atoms. The van der Waals surface area contributed by atoms with Crippen molar-refractivity contribution < 1.29 is 9.90 Å². The SMILES string of the molecule is CCNC(C)(/C=C(\C)C(=O)O)CC. The normalized spacial score (nSPS) is 16.8. The number of rotatable bonds is 5. The predicted octanol–water partition coefficient (Wildman–Crippen LogP) is 1.80. The summed E-state index contributed by atoms with van der Waals surface area (Å²) in [6.07, 6.45) is 2.66. The lowest BCUT2D eigenvalue weighted by Crippen LogP contribution is -2.40. The molecular weight excluding hydrogens is 166 g/mol. The molecule has 1 atom stereocenters. The molecule has 0 fully saturated rings. The molecule has 0 saturated carbocycles. The fraction of sp³-hybridized carbons (Fsp3) is 0.700. The van der Waals surface area contributed by atoms with Crippen LogP contribution in [0.25, 0.3) is 0 Å². The standard InChI is InChI=1S/C10H19NO2/c1-5-10(4,11-6-2)7-8(3)9(12)13/h7,11H,5-6H2,1-4H3,(H,12,13)/b8-7+. The highest BCUT2D eigenvalue weighted by atomic mass is 16.4. The quantitative estimate of drug-likeness (QED) is 0.642. The number of carbonyl (C=O) groups is 1. The van der Waals surface area contributed by atoms with Crippen molar-refractivity contribution >= 4 is 5.97 Å². The third-order valence-electron chi connectivity index (χ3n) is 2.19. The number of hydrogen-bond donors (Lipinski definition) is 2. The second-order valence-electron chi connectivity index (χ2n) is 3.43. The Morgan fingerprint density at radius 2 is 2.08 bits per heavy atom. The largest absolute Gasteiger partial charge is 0.478 e. The lowest BCUT2D eigenvalue weighted by atomic mass is 9.96. The lowest BCUT2D eigenvalue weighted by molar-refractivity contribution is -0.132. The van der Waals surface area contributed by atoms with Crippen molar-refractivity contribution in [2.75, 3.05) is 6.54 Å². The van der Waals surface area contributed by atoms with Crippen LogP contribution >= 0.6 is 0 Å². The van der Waals surface area contributed by atoms with Gasteiger partial charge in [0.2, 0.25) is 0 Å². The van der Waals surface area contributed by atoms with E-state index in [1.807, 2.05) is 20.8 Å². The molecule has 13 heavy (non-hydrogen) atoms. The van der Waals surface area contributed by atoms with Crippen LogP contribution in [0.2, 0.25) is 0 Å². The second kappa shape index (κ2) is 5.02. The van der Waals surface area contributed by atoms with E-state index in [1.54, 1.807) is 13.0 Å². The van der Waals surface area contributed by atoms with Crippen molar-refractivity contribution in [3.05, 3.63) is 11.6 Å². The molecule has 0 aliphatic carbocycles. The van der Waals surface area contributed by atoms with Crippen LogP contribution in [-0.4, -0.2) is 23.2 Å². The molecule has 3 nitrogen and oxygen atoms in total. The van der Waals surface area contributed by atoms with E-state index >= 15 is 0 Å². The van der Waals surface area contributed by atoms with Gasteiger partial charge in [-0.05, 0) is 26.8 Å². The molecule has 0 aliphatic heterocycles. The topological polar surface area (TPSA) is 49.3 Å². The average molecular weight is 185 g/mol. The summed E-state index contributed by atoms with van der Waals surface area (Å²) in [7, 11) is 0. The summed E-state index contributed by atoms with van der Waals surface area (Å²) in [5.74, 6) is -0.849. The highest BCUT2D eigenvalue weighted by Crippen LogP contribution is 2.13. The van der Waals surface area contributed by atoms with E-state index in [0.717, 1.165) is 13.0 Å². The lowest BCUT2D eigenvalue weighted by Gasteiger charge is -2.25. The van der Waals surface area contributed by atoms with E-state index < -0.39 is 5.97 Å². The minimum Gasteiger partial charge on any atom is -0.478 e. The molecule has 0 aliphatic rings. The first-order valence-electron chi connectivity index (χ1n) is 4.63. The first kappa shape index (κ1) is 12.2. The fourth-order valence-electron chi connectivity index (χ4n) is 1.22. The van der Waals surface area contributed by atoms with Crippen molar-refractivity contribution in [3.63, 3.8) is 0 Å². The smallest absolute Gasteiger partial charge is 0.331 e. The molecular formula is C10H19NO2. The van der Waals surface area contributed by atoms with Crippen molar-refractivity contribution in [1.82, 2.24) is 5.32 Å². The maximum Gasteiger partial charge on any atom is 0.331 e. The zero-order chi connectivity index (χ0) is 10.5. The maximum absolute atomic E-state index is 10.6. The van der Waals surface area contributed by atoms with Crippen LogP contribution in [0.1, 0.15) is 34.1 Å². The molecule has 76 valence electrons. The summed E-state index contributed by atoms with van der Waals surface area (Å²) < 4.78 is 0. The van der Waals surface area contributed by atoms with Gasteiger partial charge < -0.3 is 10.4 Å². The van der Waals surface area contributed by atoms with E-state index in [0.29, 0.717) is 5.57 Å². The Hall–Kier alpha value is -0.830. The number of likely N-dealkylation sites (N-methyl/N-ethyl adjacent to an activating group) is 1. The molecule has 0 rings (SSSR count). The van der Waals surface area contributed by atoms with Crippen LogP contribution < -0.4 is 5.32 Å². The number of nitrogens with one attached hydrogen (secondary N) is 1. The van der Waals surface area contributed by atoms with Gasteiger partial charge in [-0.15, -0.1) is 0 Å². The zero-order valence-corrected chi connectivity index (χ0v) is 8.85. The van der Waals surface area contributed by atoms with Crippen molar-refractivity contribution in [2.45, 2.75) is 39.7 Å². The number of carboxylic acid groups (broad SMARTS) is 1. The molecule has 3 heteroatoms. The first-order chi connectivity index (χ1) is 5.95. The Balaban J connectivity index is 4.58. The maximum atomic E-state index is 10.6. The number of aliphatic carboxylic acids is 1. The Morgan fingerprint density at radius 1 is 1.54 bits per heavy atom. The van der Waals surface area contributed by atoms with Gasteiger partial charge in [-0.3, -0.25) is 0 Å². The van der Waals surface area contributed by atoms with Gasteiger partial charge in [0.05, 0.1) is 0 Å². The third-order valence-corrected chi connectivity index (χ3v) is 2.19. The molecule has 0 aromatic carbocycles. The Kier molecular flexibility index (Phi) is 4.70. The molecule has 0 amide bonds. The van der Waals surface area contributed by atoms with Crippen molar-refractivity contribution in [1.29, 1.82) is 0 Å². The Bertz CT molecular complexity index is 211. The van der Waals surface area contributed by atoms with Gasteiger partial charge in [0.15, 0.2) is 0 Å². The minimum atomic E-state index is -0.849. The first-order valence-corrected chi connectivity index (χ1v) is 4.63. The summed E-state index contributed by atoms with van der Waals surface area (Å²) in [5.41, 5.74) is 0.197. The Morgan fingerprint density at radius 3 is 2.38 bits per heavy atom.